The molecule has 0 spiro atoms. The van der Waals surface area contributed by atoms with E-state index in [4.69, 9.17) is 10.5 Å². The molecule has 1 heterocycles. The second kappa shape index (κ2) is 5.99. The van der Waals surface area contributed by atoms with E-state index in [1.54, 1.807) is 4.58 Å². The van der Waals surface area contributed by atoms with E-state index in [2.05, 4.69) is 0 Å². The Kier molecular flexibility index (Phi) is 4.77. The number of ether oxygens (including phenoxy) is 1. The lowest BCUT2D eigenvalue weighted by molar-refractivity contribution is -0.553. The Morgan fingerprint density at radius 3 is 2.00 bits per heavy atom. The van der Waals surface area contributed by atoms with Gasteiger partial charge < -0.3 is 10.5 Å². The predicted molar refractivity (Wildman–Crippen MR) is 66.8 cm³/mol. The van der Waals surface area contributed by atoms with Gasteiger partial charge in [-0.2, -0.15) is 26.3 Å². The van der Waals surface area contributed by atoms with Gasteiger partial charge in [0.05, 0.1) is 5.92 Å². The van der Waals surface area contributed by atoms with Crippen LogP contribution in [0.4, 0.5) is 26.3 Å². The van der Waals surface area contributed by atoms with Gasteiger partial charge in [-0.05, 0) is 12.8 Å². The average Bonchev–Trinajstić information content (AvgIpc) is 2.45. The van der Waals surface area contributed by atoms with Gasteiger partial charge in [0, 0.05) is 6.42 Å². The summed E-state index contributed by atoms with van der Waals surface area (Å²) in [5.41, 5.74) is 0.968. The molecular weight excluding hydrogens is 314 g/mol. The molecule has 0 aromatic carbocycles. The molecule has 9 heteroatoms. The molecule has 0 aromatic heterocycles. The third-order valence-corrected chi connectivity index (χ3v) is 4.48. The molecule has 1 aliphatic carbocycles. The molecule has 1 saturated heterocycles. The van der Waals surface area contributed by atoms with E-state index in [0.717, 1.165) is 0 Å². The molecule has 0 bridgehead atoms. The van der Waals surface area contributed by atoms with Crippen LogP contribution in [-0.2, 0) is 4.74 Å². The fourth-order valence-corrected chi connectivity index (χ4v) is 3.27. The lowest BCUT2D eigenvalue weighted by Gasteiger charge is -2.41. The maximum absolute atomic E-state index is 13.2. The van der Waals surface area contributed by atoms with Crippen molar-refractivity contribution in [2.75, 3.05) is 26.3 Å². The average molecular weight is 333 g/mol. The fraction of sp³-hybridized carbons (Fsp3) is 0.923. The van der Waals surface area contributed by atoms with Crippen molar-refractivity contribution in [2.45, 2.75) is 43.6 Å². The van der Waals surface area contributed by atoms with E-state index in [1.165, 1.54) is 0 Å². The first-order valence-corrected chi connectivity index (χ1v) is 7.20. The maximum Gasteiger partial charge on any atom is 0.416 e. The number of morpholine rings is 1. The lowest BCUT2D eigenvalue weighted by atomic mass is 9.72. The quantitative estimate of drug-likeness (QED) is 0.591. The lowest BCUT2D eigenvalue weighted by Crippen LogP contribution is -2.70. The monoisotopic (exact) mass is 333 g/mol. The minimum atomic E-state index is -5.55. The Bertz CT molecular complexity index is 421. The SMILES string of the molecule is NC([C@H]1CCCCC1=[N+]1CCOCC1)(C(F)(F)F)C(F)(F)F. The number of nitrogens with zero attached hydrogens (tertiary/aromatic N) is 1. The summed E-state index contributed by atoms with van der Waals surface area (Å²) < 4.78 is 86.0. The van der Waals surface area contributed by atoms with Gasteiger partial charge in [0.1, 0.15) is 13.2 Å². The summed E-state index contributed by atoms with van der Waals surface area (Å²) in [6.07, 6.45) is -10.2. The molecule has 2 aliphatic rings. The van der Waals surface area contributed by atoms with E-state index < -0.39 is 23.8 Å². The highest BCUT2D eigenvalue weighted by atomic mass is 19.4. The zero-order chi connectivity index (χ0) is 16.6. The number of alkyl halides is 6. The van der Waals surface area contributed by atoms with Crippen molar-refractivity contribution in [2.24, 2.45) is 11.7 Å². The number of hydrogen-bond donors (Lipinski definition) is 1. The van der Waals surface area contributed by atoms with E-state index in [-0.39, 0.29) is 18.6 Å². The van der Waals surface area contributed by atoms with Gasteiger partial charge in [0.15, 0.2) is 18.8 Å². The highest BCUT2D eigenvalue weighted by Gasteiger charge is 2.73. The minimum absolute atomic E-state index is 0.173. The number of nitrogens with two attached hydrogens (primary N) is 1. The molecule has 0 unspecified atom stereocenters. The molecule has 2 fully saturated rings. The van der Waals surface area contributed by atoms with Gasteiger partial charge in [0.25, 0.3) is 0 Å². The van der Waals surface area contributed by atoms with Crippen LogP contribution in [0.15, 0.2) is 0 Å². The Morgan fingerprint density at radius 2 is 1.50 bits per heavy atom. The van der Waals surface area contributed by atoms with Crippen molar-refractivity contribution >= 4 is 5.71 Å². The summed E-state index contributed by atoms with van der Waals surface area (Å²) in [6.45, 7) is 1.20. The zero-order valence-corrected chi connectivity index (χ0v) is 11.9. The first kappa shape index (κ1) is 17.5. The first-order valence-electron chi connectivity index (χ1n) is 7.20. The Morgan fingerprint density at radius 1 is 0.955 bits per heavy atom. The van der Waals surface area contributed by atoms with Crippen LogP contribution in [0.3, 0.4) is 0 Å². The van der Waals surface area contributed by atoms with Gasteiger partial charge in [0.2, 0.25) is 5.54 Å². The number of hydrogen-bond acceptors (Lipinski definition) is 2. The molecule has 0 radical (unpaired) electrons. The van der Waals surface area contributed by atoms with E-state index in [0.29, 0.717) is 39.1 Å². The van der Waals surface area contributed by atoms with Crippen molar-refractivity contribution in [3.63, 3.8) is 0 Å². The van der Waals surface area contributed by atoms with E-state index >= 15 is 0 Å². The van der Waals surface area contributed by atoms with E-state index in [9.17, 15) is 26.3 Å². The topological polar surface area (TPSA) is 38.3 Å². The van der Waals surface area contributed by atoms with Crippen LogP contribution in [0.2, 0.25) is 0 Å². The highest BCUT2D eigenvalue weighted by molar-refractivity contribution is 5.84. The molecule has 3 nitrogen and oxygen atoms in total. The molecule has 1 saturated carbocycles. The standard InChI is InChI=1S/C13H19F6N2O/c14-12(15,16)11(20,13(17,18)19)9-3-1-2-4-10(9)21-5-7-22-8-6-21/h9H,1-8,20H2/q+1/t9-/m0/s1. The minimum Gasteiger partial charge on any atom is -0.368 e. The molecule has 2 N–H and O–H groups in total. The Balaban J connectivity index is 2.48. The van der Waals surface area contributed by atoms with Crippen molar-refractivity contribution in [3.05, 3.63) is 0 Å². The van der Waals surface area contributed by atoms with E-state index in [1.807, 2.05) is 0 Å². The summed E-state index contributed by atoms with van der Waals surface area (Å²) in [7, 11) is 0. The highest BCUT2D eigenvalue weighted by Crippen LogP contribution is 2.49. The zero-order valence-electron chi connectivity index (χ0n) is 11.9. The summed E-state index contributed by atoms with van der Waals surface area (Å²) in [5.74, 6) is -1.76. The fourth-order valence-electron chi connectivity index (χ4n) is 3.27. The maximum atomic E-state index is 13.2. The number of rotatable bonds is 1. The summed E-state index contributed by atoms with van der Waals surface area (Å²) in [5, 5.41) is 0. The van der Waals surface area contributed by atoms with Crippen LogP contribution in [0.25, 0.3) is 0 Å². The van der Waals surface area contributed by atoms with Crippen molar-refractivity contribution in [1.29, 1.82) is 0 Å². The Hall–Kier alpha value is -0.830. The van der Waals surface area contributed by atoms with Gasteiger partial charge in [-0.15, -0.1) is 0 Å². The smallest absolute Gasteiger partial charge is 0.368 e. The largest absolute Gasteiger partial charge is 0.416 e. The van der Waals surface area contributed by atoms with Crippen LogP contribution in [0.5, 0.6) is 0 Å². The van der Waals surface area contributed by atoms with Crippen molar-refractivity contribution in [3.8, 4) is 0 Å². The van der Waals surface area contributed by atoms with Crippen LogP contribution >= 0.6 is 0 Å². The third-order valence-electron chi connectivity index (χ3n) is 4.48. The van der Waals surface area contributed by atoms with Crippen LogP contribution in [0.1, 0.15) is 25.7 Å². The van der Waals surface area contributed by atoms with Crippen LogP contribution < -0.4 is 5.73 Å². The molecule has 0 aromatic rings. The van der Waals surface area contributed by atoms with Crippen LogP contribution in [-0.4, -0.2) is 54.5 Å². The molecule has 128 valence electrons. The van der Waals surface area contributed by atoms with Gasteiger partial charge in [-0.25, -0.2) is 4.58 Å². The molecule has 2 rings (SSSR count). The molecule has 0 amide bonds. The molecular formula is C13H19F6N2O+. The third kappa shape index (κ3) is 2.97. The van der Waals surface area contributed by atoms with Crippen LogP contribution in [0, 0.1) is 5.92 Å². The van der Waals surface area contributed by atoms with Gasteiger partial charge in [-0.3, -0.25) is 0 Å². The molecule has 1 atom stereocenters. The summed E-state index contributed by atoms with van der Waals surface area (Å²) in [4.78, 5) is 0. The molecule has 22 heavy (non-hydrogen) atoms. The second-order valence-electron chi connectivity index (χ2n) is 5.75. The van der Waals surface area contributed by atoms with Gasteiger partial charge >= 0.3 is 12.4 Å². The normalized spacial score (nSPS) is 25.5. The van der Waals surface area contributed by atoms with Crippen molar-refractivity contribution < 1.29 is 35.7 Å². The Labute approximate surface area is 124 Å². The first-order chi connectivity index (χ1) is 10.1. The summed E-state index contributed by atoms with van der Waals surface area (Å²) >= 11 is 0. The predicted octanol–water partition coefficient (Wildman–Crippen LogP) is 2.48. The van der Waals surface area contributed by atoms with Crippen molar-refractivity contribution in [1.82, 2.24) is 0 Å². The molecule has 1 aliphatic heterocycles. The summed E-state index contributed by atoms with van der Waals surface area (Å²) in [6, 6.07) is 0. The second-order valence-corrected chi connectivity index (χ2v) is 5.75. The number of halogens is 6. The van der Waals surface area contributed by atoms with Gasteiger partial charge in [-0.1, -0.05) is 6.42 Å².